The highest BCUT2D eigenvalue weighted by molar-refractivity contribution is 5.90. The van der Waals surface area contributed by atoms with Crippen LogP contribution in [0.25, 0.3) is 11.2 Å². The van der Waals surface area contributed by atoms with E-state index in [9.17, 15) is 14.4 Å². The number of nitrogens with zero attached hydrogens (tertiary/aromatic N) is 5. The number of hydrogen-bond donors (Lipinski definition) is 1. The minimum absolute atomic E-state index is 0.0826. The van der Waals surface area contributed by atoms with Crippen LogP contribution in [0.3, 0.4) is 0 Å². The molecule has 0 aliphatic rings. The van der Waals surface area contributed by atoms with E-state index in [-0.39, 0.29) is 11.5 Å². The number of carbonyl (C=O) groups excluding carboxylic acids is 1. The van der Waals surface area contributed by atoms with Crippen molar-refractivity contribution < 1.29 is 4.79 Å². The summed E-state index contributed by atoms with van der Waals surface area (Å²) in [5.41, 5.74) is 1.92. The molecule has 0 fully saturated rings. The van der Waals surface area contributed by atoms with Gasteiger partial charge in [0, 0.05) is 39.3 Å². The predicted octanol–water partition coefficient (Wildman–Crippen LogP) is 0.957. The van der Waals surface area contributed by atoms with Crippen molar-refractivity contribution in [3.63, 3.8) is 0 Å². The third kappa shape index (κ3) is 4.68. The Morgan fingerprint density at radius 2 is 1.80 bits per heavy atom. The average molecular weight is 412 g/mol. The molecule has 0 saturated heterocycles. The molecule has 1 amide bonds. The van der Waals surface area contributed by atoms with E-state index in [1.165, 1.54) is 23.5 Å². The summed E-state index contributed by atoms with van der Waals surface area (Å²) in [5.74, 6) is -0.0826. The van der Waals surface area contributed by atoms with Gasteiger partial charge in [0.1, 0.15) is 0 Å². The van der Waals surface area contributed by atoms with E-state index >= 15 is 0 Å². The summed E-state index contributed by atoms with van der Waals surface area (Å²) in [7, 11) is 7.11. The summed E-state index contributed by atoms with van der Waals surface area (Å²) in [6.07, 6.45) is 3.36. The Bertz CT molecular complexity index is 1150. The maximum Gasteiger partial charge on any atom is 0.332 e. The van der Waals surface area contributed by atoms with Gasteiger partial charge in [-0.1, -0.05) is 12.1 Å². The van der Waals surface area contributed by atoms with Gasteiger partial charge in [0.15, 0.2) is 11.2 Å². The first-order valence-electron chi connectivity index (χ1n) is 9.92. The number of carbonyl (C=O) groups is 1. The van der Waals surface area contributed by atoms with E-state index in [1.54, 1.807) is 11.6 Å². The molecule has 30 heavy (non-hydrogen) atoms. The number of fused-ring (bicyclic) bond motifs is 1. The highest BCUT2D eigenvalue weighted by Crippen LogP contribution is 2.12. The third-order valence-electron chi connectivity index (χ3n) is 5.11. The Kier molecular flexibility index (Phi) is 6.51. The summed E-state index contributed by atoms with van der Waals surface area (Å²) >= 11 is 0. The smallest absolute Gasteiger partial charge is 0.326 e. The lowest BCUT2D eigenvalue weighted by Crippen LogP contribution is -2.37. The molecule has 0 unspecified atom stereocenters. The molecular weight excluding hydrogens is 384 g/mol. The second-order valence-corrected chi connectivity index (χ2v) is 7.72. The number of benzene rings is 1. The van der Waals surface area contributed by atoms with Gasteiger partial charge in [-0.3, -0.25) is 18.7 Å². The van der Waals surface area contributed by atoms with Gasteiger partial charge in [-0.2, -0.15) is 0 Å². The molecule has 0 saturated carbocycles. The van der Waals surface area contributed by atoms with Crippen LogP contribution in [0.4, 0.5) is 5.69 Å². The summed E-state index contributed by atoms with van der Waals surface area (Å²) in [4.78, 5) is 43.0. The average Bonchev–Trinajstić information content (AvgIpc) is 3.14. The van der Waals surface area contributed by atoms with Crippen LogP contribution in [-0.4, -0.2) is 50.1 Å². The lowest BCUT2D eigenvalue weighted by Gasteiger charge is -2.10. The SMILES string of the molecule is CN(C)CCc1ccc(NC(=O)CCCn2cnc3c2c(=O)n(C)c(=O)n3C)cc1. The molecule has 1 aromatic carbocycles. The van der Waals surface area contributed by atoms with E-state index in [4.69, 9.17) is 0 Å². The molecule has 160 valence electrons. The van der Waals surface area contributed by atoms with Gasteiger partial charge < -0.3 is 14.8 Å². The number of hydrogen-bond acceptors (Lipinski definition) is 5. The number of nitrogens with one attached hydrogen (secondary N) is 1. The fraction of sp³-hybridized carbons (Fsp3) is 0.429. The number of aromatic nitrogens is 4. The zero-order valence-corrected chi connectivity index (χ0v) is 17.9. The molecule has 0 bridgehead atoms. The molecule has 3 rings (SSSR count). The van der Waals surface area contributed by atoms with Crippen molar-refractivity contribution in [2.75, 3.05) is 26.0 Å². The summed E-state index contributed by atoms with van der Waals surface area (Å²) in [6, 6.07) is 7.88. The lowest BCUT2D eigenvalue weighted by molar-refractivity contribution is -0.116. The Morgan fingerprint density at radius 3 is 2.47 bits per heavy atom. The van der Waals surface area contributed by atoms with Crippen molar-refractivity contribution in [3.05, 3.63) is 57.0 Å². The van der Waals surface area contributed by atoms with E-state index in [0.29, 0.717) is 30.6 Å². The molecule has 1 N–H and O–H groups in total. The van der Waals surface area contributed by atoms with Crippen molar-refractivity contribution in [2.45, 2.75) is 25.8 Å². The Hall–Kier alpha value is -3.20. The van der Waals surface area contributed by atoms with Crippen molar-refractivity contribution in [3.8, 4) is 0 Å². The Labute approximate surface area is 174 Å². The first-order valence-corrected chi connectivity index (χ1v) is 9.92. The van der Waals surface area contributed by atoms with Crippen LogP contribution in [0, 0.1) is 0 Å². The fourth-order valence-corrected chi connectivity index (χ4v) is 3.31. The largest absolute Gasteiger partial charge is 0.332 e. The van der Waals surface area contributed by atoms with Gasteiger partial charge in [-0.25, -0.2) is 9.78 Å². The minimum atomic E-state index is -0.412. The van der Waals surface area contributed by atoms with Crippen LogP contribution in [0.5, 0.6) is 0 Å². The number of aryl methyl sites for hydroxylation is 2. The predicted molar refractivity (Wildman–Crippen MR) is 117 cm³/mol. The molecule has 0 atom stereocenters. The highest BCUT2D eigenvalue weighted by Gasteiger charge is 2.14. The van der Waals surface area contributed by atoms with E-state index in [1.807, 2.05) is 38.4 Å². The lowest BCUT2D eigenvalue weighted by atomic mass is 10.1. The van der Waals surface area contributed by atoms with Gasteiger partial charge >= 0.3 is 5.69 Å². The van der Waals surface area contributed by atoms with Crippen LogP contribution < -0.4 is 16.6 Å². The quantitative estimate of drug-likeness (QED) is 0.595. The second-order valence-electron chi connectivity index (χ2n) is 7.72. The van der Waals surface area contributed by atoms with Crippen LogP contribution in [-0.2, 0) is 31.9 Å². The van der Waals surface area contributed by atoms with Crippen LogP contribution in [0.2, 0.25) is 0 Å². The molecule has 0 spiro atoms. The minimum Gasteiger partial charge on any atom is -0.326 e. The van der Waals surface area contributed by atoms with Crippen molar-refractivity contribution in [1.29, 1.82) is 0 Å². The Balaban J connectivity index is 1.57. The van der Waals surface area contributed by atoms with Crippen molar-refractivity contribution in [1.82, 2.24) is 23.6 Å². The van der Waals surface area contributed by atoms with Gasteiger partial charge in [0.25, 0.3) is 5.56 Å². The van der Waals surface area contributed by atoms with Crippen molar-refractivity contribution >= 4 is 22.8 Å². The second kappa shape index (κ2) is 9.08. The molecular formula is C21H28N6O3. The summed E-state index contributed by atoms with van der Waals surface area (Å²) < 4.78 is 4.11. The van der Waals surface area contributed by atoms with Crippen LogP contribution in [0.15, 0.2) is 40.2 Å². The number of rotatable bonds is 8. The summed E-state index contributed by atoms with van der Waals surface area (Å²) in [5, 5.41) is 2.90. The van der Waals surface area contributed by atoms with Gasteiger partial charge in [-0.05, 0) is 44.6 Å². The number of amides is 1. The first kappa shape index (κ1) is 21.5. The van der Waals surface area contributed by atoms with E-state index in [2.05, 4.69) is 15.2 Å². The zero-order chi connectivity index (χ0) is 21.8. The van der Waals surface area contributed by atoms with Gasteiger partial charge in [0.05, 0.1) is 6.33 Å². The number of imidazole rings is 1. The highest BCUT2D eigenvalue weighted by atomic mass is 16.2. The molecule has 0 aliphatic heterocycles. The molecule has 9 nitrogen and oxygen atoms in total. The molecule has 2 heterocycles. The molecule has 0 radical (unpaired) electrons. The van der Waals surface area contributed by atoms with E-state index in [0.717, 1.165) is 23.2 Å². The Morgan fingerprint density at radius 1 is 1.10 bits per heavy atom. The first-order chi connectivity index (χ1) is 14.3. The fourth-order valence-electron chi connectivity index (χ4n) is 3.31. The molecule has 9 heteroatoms. The maximum absolute atomic E-state index is 12.4. The van der Waals surface area contributed by atoms with Crippen LogP contribution >= 0.6 is 0 Å². The van der Waals surface area contributed by atoms with Gasteiger partial charge in [-0.15, -0.1) is 0 Å². The zero-order valence-electron chi connectivity index (χ0n) is 17.9. The number of anilines is 1. The van der Waals surface area contributed by atoms with Gasteiger partial charge in [0.2, 0.25) is 5.91 Å². The maximum atomic E-state index is 12.4. The topological polar surface area (TPSA) is 94.2 Å². The number of likely N-dealkylation sites (N-methyl/N-ethyl adjacent to an activating group) is 1. The molecule has 0 aliphatic carbocycles. The summed E-state index contributed by atoms with van der Waals surface area (Å²) in [6.45, 7) is 1.44. The standard InChI is InChI=1S/C21H28N6O3/c1-24(2)13-11-15-7-9-16(10-8-15)23-17(28)6-5-12-27-14-22-19-18(27)20(29)26(4)21(30)25(19)3/h7-10,14H,5-6,11-13H2,1-4H3,(H,23,28). The monoisotopic (exact) mass is 412 g/mol. The molecule has 2 aromatic heterocycles. The van der Waals surface area contributed by atoms with Crippen LogP contribution in [0.1, 0.15) is 18.4 Å². The third-order valence-corrected chi connectivity index (χ3v) is 5.11. The normalized spacial score (nSPS) is 11.4. The van der Waals surface area contributed by atoms with Crippen molar-refractivity contribution in [2.24, 2.45) is 14.1 Å². The molecule has 3 aromatic rings. The van der Waals surface area contributed by atoms with E-state index < -0.39 is 5.69 Å².